The lowest BCUT2D eigenvalue weighted by atomic mass is 10.1. The van der Waals surface area contributed by atoms with Crippen molar-refractivity contribution in [3.05, 3.63) is 0 Å². The zero-order valence-corrected chi connectivity index (χ0v) is 11.7. The maximum absolute atomic E-state index is 3.63. The Morgan fingerprint density at radius 3 is 2.59 bits per heavy atom. The average Bonchev–Trinajstić information content (AvgIpc) is 2.73. The highest BCUT2D eigenvalue weighted by molar-refractivity contribution is 4.82. The normalized spacial score (nSPS) is 32.5. The van der Waals surface area contributed by atoms with Crippen LogP contribution >= 0.6 is 0 Å². The van der Waals surface area contributed by atoms with Crippen molar-refractivity contribution in [1.29, 1.82) is 0 Å². The molecule has 0 aliphatic carbocycles. The average molecular weight is 240 g/mol. The lowest BCUT2D eigenvalue weighted by Gasteiger charge is -2.33. The van der Waals surface area contributed by atoms with Crippen molar-refractivity contribution in [2.75, 3.05) is 60.4 Å². The molecule has 0 aromatic rings. The van der Waals surface area contributed by atoms with Crippen LogP contribution in [0.4, 0.5) is 0 Å². The van der Waals surface area contributed by atoms with Gasteiger partial charge in [0, 0.05) is 38.3 Å². The first-order chi connectivity index (χ1) is 8.15. The molecule has 2 heterocycles. The Kier molecular flexibility index (Phi) is 4.79. The van der Waals surface area contributed by atoms with Gasteiger partial charge in [0.25, 0.3) is 0 Å². The maximum Gasteiger partial charge on any atom is 0.0232 e. The van der Waals surface area contributed by atoms with E-state index in [0.717, 1.165) is 12.6 Å². The van der Waals surface area contributed by atoms with Gasteiger partial charge < -0.3 is 20.0 Å². The Hall–Kier alpha value is -0.160. The van der Waals surface area contributed by atoms with Crippen molar-refractivity contribution in [3.8, 4) is 0 Å². The first-order valence-corrected chi connectivity index (χ1v) is 6.96. The minimum atomic E-state index is 0.690. The van der Waals surface area contributed by atoms with Gasteiger partial charge in [0.15, 0.2) is 0 Å². The number of piperazine rings is 1. The highest BCUT2D eigenvalue weighted by Crippen LogP contribution is 2.13. The summed E-state index contributed by atoms with van der Waals surface area (Å²) in [7, 11) is 6.74. The summed E-state index contributed by atoms with van der Waals surface area (Å²) in [5.41, 5.74) is 0. The Bertz CT molecular complexity index is 233. The molecule has 2 saturated heterocycles. The van der Waals surface area contributed by atoms with E-state index in [4.69, 9.17) is 0 Å². The van der Waals surface area contributed by atoms with Crippen molar-refractivity contribution in [1.82, 2.24) is 20.0 Å². The van der Waals surface area contributed by atoms with Gasteiger partial charge in [-0.25, -0.2) is 0 Å². The van der Waals surface area contributed by atoms with E-state index in [0.29, 0.717) is 6.04 Å². The van der Waals surface area contributed by atoms with Gasteiger partial charge in [-0.2, -0.15) is 0 Å². The van der Waals surface area contributed by atoms with Crippen LogP contribution in [-0.4, -0.2) is 87.2 Å². The third-order valence-electron chi connectivity index (χ3n) is 4.28. The van der Waals surface area contributed by atoms with E-state index in [1.807, 2.05) is 0 Å². The number of likely N-dealkylation sites (tertiary alicyclic amines) is 1. The molecular weight excluding hydrogens is 212 g/mol. The predicted molar refractivity (Wildman–Crippen MR) is 72.4 cm³/mol. The highest BCUT2D eigenvalue weighted by atomic mass is 15.2. The second kappa shape index (κ2) is 6.14. The Morgan fingerprint density at radius 1 is 1.18 bits per heavy atom. The number of likely N-dealkylation sites (N-methyl/N-ethyl adjacent to an activating group) is 3. The number of nitrogens with one attached hydrogen (secondary N) is 1. The predicted octanol–water partition coefficient (Wildman–Crippen LogP) is -0.0840. The van der Waals surface area contributed by atoms with Crippen LogP contribution in [0.3, 0.4) is 0 Å². The first-order valence-electron chi connectivity index (χ1n) is 6.96. The topological polar surface area (TPSA) is 21.8 Å². The van der Waals surface area contributed by atoms with Crippen molar-refractivity contribution in [3.63, 3.8) is 0 Å². The number of hydrogen-bond donors (Lipinski definition) is 1. The molecule has 2 aliphatic rings. The van der Waals surface area contributed by atoms with Gasteiger partial charge in [-0.3, -0.25) is 0 Å². The van der Waals surface area contributed by atoms with Crippen molar-refractivity contribution in [2.24, 2.45) is 0 Å². The van der Waals surface area contributed by atoms with Crippen LogP contribution < -0.4 is 5.32 Å². The fraction of sp³-hybridized carbons (Fsp3) is 1.00. The van der Waals surface area contributed by atoms with Gasteiger partial charge in [-0.15, -0.1) is 0 Å². The summed E-state index contributed by atoms with van der Waals surface area (Å²) < 4.78 is 0. The number of hydrogen-bond acceptors (Lipinski definition) is 4. The Balaban J connectivity index is 1.67. The van der Waals surface area contributed by atoms with Crippen LogP contribution in [0.15, 0.2) is 0 Å². The summed E-state index contributed by atoms with van der Waals surface area (Å²) in [6.07, 6.45) is 2.62. The molecule has 0 spiro atoms. The smallest absolute Gasteiger partial charge is 0.0232 e. The van der Waals surface area contributed by atoms with Gasteiger partial charge in [0.1, 0.15) is 0 Å². The molecule has 2 unspecified atom stereocenters. The van der Waals surface area contributed by atoms with Gasteiger partial charge in [0.2, 0.25) is 0 Å². The van der Waals surface area contributed by atoms with Gasteiger partial charge in [0.05, 0.1) is 0 Å². The van der Waals surface area contributed by atoms with Crippen molar-refractivity contribution in [2.45, 2.75) is 24.9 Å². The molecule has 2 atom stereocenters. The van der Waals surface area contributed by atoms with E-state index in [1.54, 1.807) is 0 Å². The summed E-state index contributed by atoms with van der Waals surface area (Å²) in [5.74, 6) is 0. The van der Waals surface area contributed by atoms with Gasteiger partial charge in [-0.05, 0) is 47.1 Å². The van der Waals surface area contributed by atoms with Crippen molar-refractivity contribution < 1.29 is 0 Å². The summed E-state index contributed by atoms with van der Waals surface area (Å²) >= 11 is 0. The van der Waals surface area contributed by atoms with Crippen LogP contribution in [0.2, 0.25) is 0 Å². The standard InChI is InChI=1S/C13H28N4/c1-15-7-5-13(11-15)17(3)8-4-12-10-16(2)9-6-14-12/h12-14H,4-11H2,1-3H3. The first kappa shape index (κ1) is 13.3. The minimum absolute atomic E-state index is 0.690. The molecule has 0 aromatic heterocycles. The second-order valence-electron chi connectivity index (χ2n) is 5.89. The number of nitrogens with zero attached hydrogens (tertiary/aromatic N) is 3. The lowest BCUT2D eigenvalue weighted by molar-refractivity contribution is 0.193. The summed E-state index contributed by atoms with van der Waals surface area (Å²) in [6.45, 7) is 7.28. The molecule has 0 amide bonds. The van der Waals surface area contributed by atoms with Crippen molar-refractivity contribution >= 4 is 0 Å². The van der Waals surface area contributed by atoms with Gasteiger partial charge >= 0.3 is 0 Å². The molecule has 0 radical (unpaired) electrons. The van der Waals surface area contributed by atoms with Crippen LogP contribution in [0, 0.1) is 0 Å². The quantitative estimate of drug-likeness (QED) is 0.742. The fourth-order valence-electron chi connectivity index (χ4n) is 3.00. The molecule has 4 nitrogen and oxygen atoms in total. The van der Waals surface area contributed by atoms with E-state index in [9.17, 15) is 0 Å². The van der Waals surface area contributed by atoms with Crippen LogP contribution in [0.1, 0.15) is 12.8 Å². The molecule has 0 aromatic carbocycles. The third kappa shape index (κ3) is 3.91. The molecule has 17 heavy (non-hydrogen) atoms. The van der Waals surface area contributed by atoms with E-state index in [1.165, 1.54) is 45.6 Å². The minimum Gasteiger partial charge on any atom is -0.311 e. The third-order valence-corrected chi connectivity index (χ3v) is 4.28. The van der Waals surface area contributed by atoms with Gasteiger partial charge in [-0.1, -0.05) is 0 Å². The van der Waals surface area contributed by atoms with Crippen LogP contribution in [0.5, 0.6) is 0 Å². The van der Waals surface area contributed by atoms with Crippen LogP contribution in [0.25, 0.3) is 0 Å². The zero-order valence-electron chi connectivity index (χ0n) is 11.7. The van der Waals surface area contributed by atoms with E-state index < -0.39 is 0 Å². The van der Waals surface area contributed by atoms with E-state index in [2.05, 4.69) is 41.2 Å². The molecule has 0 saturated carbocycles. The summed E-state index contributed by atoms with van der Waals surface area (Å²) in [4.78, 5) is 7.43. The SMILES string of the molecule is CN1CCNC(CCN(C)C2CCN(C)C2)C1. The molecule has 1 N–H and O–H groups in total. The Labute approximate surface area is 106 Å². The number of rotatable bonds is 4. The van der Waals surface area contributed by atoms with E-state index in [-0.39, 0.29) is 0 Å². The zero-order chi connectivity index (χ0) is 12.3. The highest BCUT2D eigenvalue weighted by Gasteiger charge is 2.24. The van der Waals surface area contributed by atoms with E-state index >= 15 is 0 Å². The molecule has 100 valence electrons. The molecule has 2 rings (SSSR count). The largest absolute Gasteiger partial charge is 0.311 e. The monoisotopic (exact) mass is 240 g/mol. The summed E-state index contributed by atoms with van der Waals surface area (Å²) in [6, 6.07) is 1.47. The molecule has 2 aliphatic heterocycles. The molecule has 2 fully saturated rings. The Morgan fingerprint density at radius 2 is 1.94 bits per heavy atom. The second-order valence-corrected chi connectivity index (χ2v) is 5.89. The molecule has 4 heteroatoms. The fourth-order valence-corrected chi connectivity index (χ4v) is 3.00. The van der Waals surface area contributed by atoms with Crippen LogP contribution in [-0.2, 0) is 0 Å². The lowest BCUT2D eigenvalue weighted by Crippen LogP contribution is -2.50. The summed E-state index contributed by atoms with van der Waals surface area (Å²) in [5, 5.41) is 3.63. The maximum atomic E-state index is 3.63. The molecular formula is C13H28N4. The molecule has 0 bridgehead atoms.